The minimum Gasteiger partial charge on any atom is -0.545 e. The first-order chi connectivity index (χ1) is 9.13. The number of rotatable bonds is 4. The maximum atomic E-state index is 9.80. The summed E-state index contributed by atoms with van der Waals surface area (Å²) in [7, 11) is -3.34. The molecule has 3 nitrogen and oxygen atoms in total. The molecule has 0 saturated heterocycles. The predicted octanol–water partition coefficient (Wildman–Crippen LogP) is 4.17. The molecule has 1 aliphatic rings. The Labute approximate surface area is 132 Å². The van der Waals surface area contributed by atoms with Crippen LogP contribution in [0.3, 0.4) is 0 Å². The molecule has 0 aromatic heterocycles. The summed E-state index contributed by atoms with van der Waals surface area (Å²) >= 11 is 0. The van der Waals surface area contributed by atoms with Crippen LogP contribution in [0.5, 0.6) is 0 Å². The lowest BCUT2D eigenvalue weighted by atomic mass is 9.80. The zero-order valence-electron chi connectivity index (χ0n) is 15.5. The van der Waals surface area contributed by atoms with Crippen molar-refractivity contribution in [2.24, 2.45) is 5.41 Å². The van der Waals surface area contributed by atoms with E-state index in [1.54, 1.807) is 0 Å². The largest absolute Gasteiger partial charge is 0.545 e. The number of ether oxygens (including phenoxy) is 1. The summed E-state index contributed by atoms with van der Waals surface area (Å²) in [5.74, 6) is 1.04. The third-order valence-electron chi connectivity index (χ3n) is 3.98. The van der Waals surface area contributed by atoms with Crippen LogP contribution >= 0.6 is 0 Å². The van der Waals surface area contributed by atoms with Crippen molar-refractivity contribution in [1.29, 1.82) is 0 Å². The van der Waals surface area contributed by atoms with E-state index in [2.05, 4.69) is 67.0 Å². The van der Waals surface area contributed by atoms with Crippen LogP contribution in [0.25, 0.3) is 0 Å². The highest BCUT2D eigenvalue weighted by Gasteiger charge is 2.51. The fourth-order valence-corrected chi connectivity index (χ4v) is 7.55. The molecular formula is C16H34O3Si2. The van der Waals surface area contributed by atoms with E-state index < -0.39 is 22.0 Å². The number of aliphatic hydroxyl groups excluding tert-OH is 1. The van der Waals surface area contributed by atoms with E-state index in [0.29, 0.717) is 0 Å². The highest BCUT2D eigenvalue weighted by molar-refractivity contribution is 6.83. The molecule has 0 saturated carbocycles. The van der Waals surface area contributed by atoms with Gasteiger partial charge in [-0.1, -0.05) is 33.5 Å². The Hall–Kier alpha value is -0.106. The molecule has 124 valence electrons. The van der Waals surface area contributed by atoms with Gasteiger partial charge in [0.2, 0.25) is 8.32 Å². The van der Waals surface area contributed by atoms with Gasteiger partial charge in [-0.05, 0) is 38.7 Å². The quantitative estimate of drug-likeness (QED) is 0.786. The minimum absolute atomic E-state index is 0.0463. The van der Waals surface area contributed by atoms with Crippen molar-refractivity contribution in [1.82, 2.24) is 0 Å². The normalized spacial score (nSPS) is 26.0. The molecule has 0 fully saturated rings. The lowest BCUT2D eigenvalue weighted by Crippen LogP contribution is -2.55. The van der Waals surface area contributed by atoms with Gasteiger partial charge in [0.1, 0.15) is 11.4 Å². The van der Waals surface area contributed by atoms with Crippen molar-refractivity contribution < 1.29 is 14.3 Å². The van der Waals surface area contributed by atoms with Crippen LogP contribution in [0, 0.1) is 5.41 Å². The van der Waals surface area contributed by atoms with E-state index in [4.69, 9.17) is 9.16 Å². The molecule has 1 aliphatic heterocycles. The maximum absolute atomic E-state index is 9.80. The first-order valence-corrected chi connectivity index (χ1v) is 14.8. The molecule has 5 heteroatoms. The molecule has 0 aromatic rings. The second kappa shape index (κ2) is 5.51. The van der Waals surface area contributed by atoms with Crippen molar-refractivity contribution in [3.8, 4) is 0 Å². The average molecular weight is 331 g/mol. The maximum Gasteiger partial charge on any atom is 0.241 e. The molecule has 1 atom stereocenters. The van der Waals surface area contributed by atoms with E-state index in [1.807, 2.05) is 0 Å². The molecule has 0 radical (unpaired) electrons. The Morgan fingerprint density at radius 3 is 1.86 bits per heavy atom. The molecule has 0 bridgehead atoms. The van der Waals surface area contributed by atoms with Gasteiger partial charge in [0.25, 0.3) is 0 Å². The van der Waals surface area contributed by atoms with Crippen molar-refractivity contribution in [2.75, 3.05) is 6.61 Å². The fourth-order valence-electron chi connectivity index (χ4n) is 3.36. The zero-order chi connectivity index (χ0) is 16.9. The summed E-state index contributed by atoms with van der Waals surface area (Å²) < 4.78 is 12.7. The third-order valence-corrected chi connectivity index (χ3v) is 7.17. The summed E-state index contributed by atoms with van der Waals surface area (Å²) in [6.45, 7) is 22.3. The topological polar surface area (TPSA) is 38.7 Å². The molecule has 0 aliphatic carbocycles. The van der Waals surface area contributed by atoms with Crippen molar-refractivity contribution in [2.45, 2.75) is 78.7 Å². The van der Waals surface area contributed by atoms with Gasteiger partial charge in [0, 0.05) is 5.41 Å². The highest BCUT2D eigenvalue weighted by Crippen LogP contribution is 2.49. The van der Waals surface area contributed by atoms with Crippen molar-refractivity contribution >= 4 is 16.4 Å². The predicted molar refractivity (Wildman–Crippen MR) is 94.6 cm³/mol. The van der Waals surface area contributed by atoms with Crippen LogP contribution in [0.4, 0.5) is 0 Å². The standard InChI is InChI=1S/C16H34O3Si2/c1-15(2)12(11-17)18-16(3,4)13(19-21(8,9)10)14(15)20(5,6)7/h12,17H,11H2,1-10H3. The van der Waals surface area contributed by atoms with E-state index in [1.165, 1.54) is 5.20 Å². The average Bonchev–Trinajstić information content (AvgIpc) is 2.19. The molecule has 0 amide bonds. The minimum atomic E-state index is -1.73. The monoisotopic (exact) mass is 330 g/mol. The lowest BCUT2D eigenvalue weighted by molar-refractivity contribution is -0.137. The Bertz CT molecular complexity index is 426. The van der Waals surface area contributed by atoms with Gasteiger partial charge in [-0.15, -0.1) is 0 Å². The summed E-state index contributed by atoms with van der Waals surface area (Å²) in [4.78, 5) is 0. The molecular weight excluding hydrogens is 296 g/mol. The first kappa shape index (κ1) is 18.9. The van der Waals surface area contributed by atoms with Crippen LogP contribution < -0.4 is 0 Å². The number of hydrogen-bond acceptors (Lipinski definition) is 3. The number of hydrogen-bond donors (Lipinski definition) is 1. The van der Waals surface area contributed by atoms with Crippen LogP contribution in [0.1, 0.15) is 27.7 Å². The van der Waals surface area contributed by atoms with Crippen LogP contribution in [0.15, 0.2) is 11.0 Å². The summed E-state index contributed by atoms with van der Waals surface area (Å²) in [5.41, 5.74) is -0.664. The molecule has 0 aromatic carbocycles. The van der Waals surface area contributed by atoms with Gasteiger partial charge in [-0.25, -0.2) is 0 Å². The van der Waals surface area contributed by atoms with E-state index in [-0.39, 0.29) is 18.1 Å². The van der Waals surface area contributed by atoms with Gasteiger partial charge >= 0.3 is 0 Å². The second-order valence-electron chi connectivity index (χ2n) is 9.19. The van der Waals surface area contributed by atoms with Crippen LogP contribution in [0.2, 0.25) is 39.3 Å². The Morgan fingerprint density at radius 2 is 1.52 bits per heavy atom. The Morgan fingerprint density at radius 1 is 1.05 bits per heavy atom. The Balaban J connectivity index is 3.60. The van der Waals surface area contributed by atoms with Gasteiger partial charge in [-0.2, -0.15) is 0 Å². The molecule has 1 unspecified atom stereocenters. The Kier molecular flexibility index (Phi) is 4.97. The smallest absolute Gasteiger partial charge is 0.241 e. The van der Waals surface area contributed by atoms with Crippen molar-refractivity contribution in [3.05, 3.63) is 11.0 Å². The first-order valence-electron chi connectivity index (χ1n) is 7.86. The lowest BCUT2D eigenvalue weighted by Gasteiger charge is -2.52. The van der Waals surface area contributed by atoms with Crippen molar-refractivity contribution in [3.63, 3.8) is 0 Å². The molecule has 1 heterocycles. The highest BCUT2D eigenvalue weighted by atomic mass is 28.4. The fraction of sp³-hybridized carbons (Fsp3) is 0.875. The van der Waals surface area contributed by atoms with Gasteiger partial charge in [0.05, 0.1) is 20.8 Å². The van der Waals surface area contributed by atoms with E-state index >= 15 is 0 Å². The molecule has 1 N–H and O–H groups in total. The van der Waals surface area contributed by atoms with E-state index in [0.717, 1.165) is 5.76 Å². The zero-order valence-corrected chi connectivity index (χ0v) is 17.5. The SMILES string of the molecule is CC1(C)OC(CO)C(C)(C)C([Si](C)(C)C)=C1O[Si](C)(C)C. The summed E-state index contributed by atoms with van der Waals surface area (Å²) in [5, 5.41) is 11.2. The molecule has 0 spiro atoms. The third kappa shape index (κ3) is 4.00. The van der Waals surface area contributed by atoms with Gasteiger partial charge in [0.15, 0.2) is 0 Å². The number of aliphatic hydroxyl groups is 1. The van der Waals surface area contributed by atoms with Gasteiger partial charge < -0.3 is 14.3 Å². The summed E-state index contributed by atoms with van der Waals surface area (Å²) in [6.07, 6.45) is -0.178. The second-order valence-corrected chi connectivity index (χ2v) is 18.6. The summed E-state index contributed by atoms with van der Waals surface area (Å²) in [6, 6.07) is 0. The van der Waals surface area contributed by atoms with E-state index in [9.17, 15) is 5.11 Å². The molecule has 21 heavy (non-hydrogen) atoms. The van der Waals surface area contributed by atoms with Crippen LogP contribution in [-0.4, -0.2) is 39.8 Å². The van der Waals surface area contributed by atoms with Gasteiger partial charge in [-0.3, -0.25) is 0 Å². The molecule has 1 rings (SSSR count). The van der Waals surface area contributed by atoms with Crippen LogP contribution in [-0.2, 0) is 9.16 Å².